The highest BCUT2D eigenvalue weighted by atomic mass is 35.5. The Morgan fingerprint density at radius 3 is 2.74 bits per heavy atom. The Bertz CT molecular complexity index is 651. The second-order valence-corrected chi connectivity index (χ2v) is 4.39. The molecule has 1 heterocycles. The normalized spacial score (nSPS) is 9.79. The fourth-order valence-electron chi connectivity index (χ4n) is 1.39. The summed E-state index contributed by atoms with van der Waals surface area (Å²) in [5.74, 6) is 0.845. The highest BCUT2D eigenvalue weighted by Crippen LogP contribution is 2.29. The first-order chi connectivity index (χ1) is 9.13. The standard InChI is InChI=1S/C12H9Cl2N5/c1-16-12-17-6-9(14)11(19-12)18-10-4-7(5-15)2-3-8(10)13/h2-4,6H,1H3,(H2,16,17,18,19). The first-order valence-electron chi connectivity index (χ1n) is 5.31. The molecule has 0 spiro atoms. The summed E-state index contributed by atoms with van der Waals surface area (Å²) in [5, 5.41) is 15.5. The van der Waals surface area contributed by atoms with Crippen molar-refractivity contribution in [3.05, 3.63) is 40.0 Å². The molecular formula is C12H9Cl2N5. The Balaban J connectivity index is 2.38. The van der Waals surface area contributed by atoms with Crippen molar-refractivity contribution >= 4 is 40.7 Å². The maximum Gasteiger partial charge on any atom is 0.224 e. The molecule has 0 radical (unpaired) electrons. The number of nitriles is 1. The Labute approximate surface area is 120 Å². The molecule has 96 valence electrons. The van der Waals surface area contributed by atoms with Gasteiger partial charge in [-0.1, -0.05) is 23.2 Å². The largest absolute Gasteiger partial charge is 0.357 e. The average molecular weight is 294 g/mol. The Hall–Kier alpha value is -2.03. The lowest BCUT2D eigenvalue weighted by Crippen LogP contribution is -2.01. The van der Waals surface area contributed by atoms with Gasteiger partial charge in [0.2, 0.25) is 5.95 Å². The van der Waals surface area contributed by atoms with Crippen LogP contribution in [0.15, 0.2) is 24.4 Å². The van der Waals surface area contributed by atoms with Gasteiger partial charge in [0.05, 0.1) is 28.5 Å². The van der Waals surface area contributed by atoms with E-state index in [1.165, 1.54) is 6.20 Å². The zero-order chi connectivity index (χ0) is 13.8. The van der Waals surface area contributed by atoms with Crippen molar-refractivity contribution in [2.24, 2.45) is 0 Å². The summed E-state index contributed by atoms with van der Waals surface area (Å²) < 4.78 is 0. The number of hydrogen-bond acceptors (Lipinski definition) is 5. The summed E-state index contributed by atoms with van der Waals surface area (Å²) in [6, 6.07) is 6.93. The Morgan fingerprint density at radius 1 is 1.26 bits per heavy atom. The molecule has 5 nitrogen and oxygen atoms in total. The van der Waals surface area contributed by atoms with Gasteiger partial charge in [-0.2, -0.15) is 10.2 Å². The van der Waals surface area contributed by atoms with Crippen molar-refractivity contribution < 1.29 is 0 Å². The van der Waals surface area contributed by atoms with Crippen LogP contribution in [0.5, 0.6) is 0 Å². The van der Waals surface area contributed by atoms with E-state index in [2.05, 4.69) is 20.6 Å². The summed E-state index contributed by atoms with van der Waals surface area (Å²) in [6.45, 7) is 0. The number of rotatable bonds is 3. The molecule has 0 fully saturated rings. The molecule has 0 saturated carbocycles. The number of halogens is 2. The minimum Gasteiger partial charge on any atom is -0.357 e. The summed E-state index contributed by atoms with van der Waals surface area (Å²) >= 11 is 12.1. The van der Waals surface area contributed by atoms with E-state index in [0.29, 0.717) is 33.1 Å². The summed E-state index contributed by atoms with van der Waals surface area (Å²) in [7, 11) is 1.70. The molecule has 0 unspecified atom stereocenters. The van der Waals surface area contributed by atoms with Gasteiger partial charge in [-0.25, -0.2) is 4.98 Å². The first-order valence-corrected chi connectivity index (χ1v) is 6.06. The lowest BCUT2D eigenvalue weighted by Gasteiger charge is -2.10. The van der Waals surface area contributed by atoms with Crippen LogP contribution in [0.3, 0.4) is 0 Å². The molecule has 0 aliphatic heterocycles. The van der Waals surface area contributed by atoms with Gasteiger partial charge in [0.25, 0.3) is 0 Å². The van der Waals surface area contributed by atoms with Crippen LogP contribution in [0.25, 0.3) is 0 Å². The van der Waals surface area contributed by atoms with Crippen molar-refractivity contribution in [3.63, 3.8) is 0 Å². The van der Waals surface area contributed by atoms with Crippen LogP contribution in [0.4, 0.5) is 17.5 Å². The maximum atomic E-state index is 8.87. The number of nitrogens with one attached hydrogen (secondary N) is 2. The smallest absolute Gasteiger partial charge is 0.224 e. The van der Waals surface area contributed by atoms with Gasteiger partial charge in [-0.15, -0.1) is 0 Å². The molecule has 0 saturated heterocycles. The Morgan fingerprint density at radius 2 is 2.05 bits per heavy atom. The molecule has 1 aromatic heterocycles. The lowest BCUT2D eigenvalue weighted by molar-refractivity contribution is 1.15. The lowest BCUT2D eigenvalue weighted by atomic mass is 10.2. The molecule has 0 amide bonds. The minimum atomic E-state index is 0.359. The predicted octanol–water partition coefficient (Wildman–Crippen LogP) is 3.44. The third-order valence-electron chi connectivity index (χ3n) is 2.32. The van der Waals surface area contributed by atoms with E-state index in [4.69, 9.17) is 28.5 Å². The van der Waals surface area contributed by atoms with E-state index in [1.807, 2.05) is 6.07 Å². The van der Waals surface area contributed by atoms with E-state index in [1.54, 1.807) is 25.2 Å². The fraction of sp³-hybridized carbons (Fsp3) is 0.0833. The van der Waals surface area contributed by atoms with E-state index in [9.17, 15) is 0 Å². The van der Waals surface area contributed by atoms with Crippen molar-refractivity contribution in [2.75, 3.05) is 17.7 Å². The molecule has 7 heteroatoms. The van der Waals surface area contributed by atoms with Gasteiger partial charge >= 0.3 is 0 Å². The zero-order valence-corrected chi connectivity index (χ0v) is 11.4. The first kappa shape index (κ1) is 13.4. The van der Waals surface area contributed by atoms with Gasteiger partial charge in [-0.05, 0) is 18.2 Å². The molecule has 0 bridgehead atoms. The van der Waals surface area contributed by atoms with Crippen LogP contribution in [0.1, 0.15) is 5.56 Å². The predicted molar refractivity (Wildman–Crippen MR) is 76.0 cm³/mol. The van der Waals surface area contributed by atoms with E-state index in [0.717, 1.165) is 0 Å². The molecule has 2 rings (SSSR count). The molecule has 2 N–H and O–H groups in total. The molecule has 0 aliphatic carbocycles. The second-order valence-electron chi connectivity index (χ2n) is 3.57. The second kappa shape index (κ2) is 5.74. The van der Waals surface area contributed by atoms with Crippen LogP contribution < -0.4 is 10.6 Å². The molecule has 2 aromatic rings. The van der Waals surface area contributed by atoms with Crippen molar-refractivity contribution in [1.82, 2.24) is 9.97 Å². The summed E-state index contributed by atoms with van der Waals surface area (Å²) in [6.07, 6.45) is 1.48. The SMILES string of the molecule is CNc1ncc(Cl)c(Nc2cc(C#N)ccc2Cl)n1. The highest BCUT2D eigenvalue weighted by molar-refractivity contribution is 6.34. The van der Waals surface area contributed by atoms with E-state index in [-0.39, 0.29) is 0 Å². The quantitative estimate of drug-likeness (QED) is 0.907. The van der Waals surface area contributed by atoms with Gasteiger partial charge in [0.1, 0.15) is 5.02 Å². The number of benzene rings is 1. The Kier molecular flexibility index (Phi) is 4.05. The fourth-order valence-corrected chi connectivity index (χ4v) is 1.70. The van der Waals surface area contributed by atoms with Crippen LogP contribution in [-0.4, -0.2) is 17.0 Å². The van der Waals surface area contributed by atoms with Crippen molar-refractivity contribution in [2.45, 2.75) is 0 Å². The molecule has 0 atom stereocenters. The summed E-state index contributed by atoms with van der Waals surface area (Å²) in [4.78, 5) is 8.15. The van der Waals surface area contributed by atoms with Gasteiger partial charge in [-0.3, -0.25) is 0 Å². The minimum absolute atomic E-state index is 0.359. The van der Waals surface area contributed by atoms with E-state index >= 15 is 0 Å². The number of anilines is 3. The third kappa shape index (κ3) is 3.05. The molecule has 19 heavy (non-hydrogen) atoms. The highest BCUT2D eigenvalue weighted by Gasteiger charge is 2.08. The van der Waals surface area contributed by atoms with Crippen molar-refractivity contribution in [3.8, 4) is 6.07 Å². The maximum absolute atomic E-state index is 8.87. The molecule has 0 aliphatic rings. The van der Waals surface area contributed by atoms with Crippen LogP contribution in [-0.2, 0) is 0 Å². The zero-order valence-electron chi connectivity index (χ0n) is 9.91. The number of hydrogen-bond donors (Lipinski definition) is 2. The average Bonchev–Trinajstić information content (AvgIpc) is 2.43. The molecule has 1 aromatic carbocycles. The van der Waals surface area contributed by atoms with Crippen LogP contribution in [0.2, 0.25) is 10.0 Å². The monoisotopic (exact) mass is 293 g/mol. The summed E-state index contributed by atoms with van der Waals surface area (Å²) in [5.41, 5.74) is 1.05. The van der Waals surface area contributed by atoms with Gasteiger partial charge in [0, 0.05) is 7.05 Å². The topological polar surface area (TPSA) is 73.6 Å². The van der Waals surface area contributed by atoms with Crippen molar-refractivity contribution in [1.29, 1.82) is 5.26 Å². The number of aromatic nitrogens is 2. The number of nitrogens with zero attached hydrogens (tertiary/aromatic N) is 3. The van der Waals surface area contributed by atoms with Crippen LogP contribution >= 0.6 is 23.2 Å². The third-order valence-corrected chi connectivity index (χ3v) is 2.92. The molecular weight excluding hydrogens is 285 g/mol. The van der Waals surface area contributed by atoms with Gasteiger partial charge in [0.15, 0.2) is 5.82 Å². The van der Waals surface area contributed by atoms with Crippen LogP contribution in [0, 0.1) is 11.3 Å². The van der Waals surface area contributed by atoms with Gasteiger partial charge < -0.3 is 10.6 Å². The van der Waals surface area contributed by atoms with E-state index < -0.39 is 0 Å².